The molecule has 1 aromatic heterocycles. The Hall–Kier alpha value is -3.26. The van der Waals surface area contributed by atoms with E-state index in [1.54, 1.807) is 41.7 Å². The Morgan fingerprint density at radius 2 is 1.63 bits per heavy atom. The Kier molecular flexibility index (Phi) is 6.32. The molecule has 3 aliphatic heterocycles. The molecule has 2 saturated heterocycles. The zero-order valence-electron chi connectivity index (χ0n) is 19.8. The van der Waals surface area contributed by atoms with Crippen molar-refractivity contribution in [1.82, 2.24) is 14.7 Å². The molecule has 0 N–H and O–H groups in total. The second-order valence-electron chi connectivity index (χ2n) is 9.68. The Morgan fingerprint density at radius 3 is 2.20 bits per heavy atom. The SMILES string of the molecule is CCC(C(=O)N1CCC2(CCN(C(=O)/C=C/c3ccsc3)CC2)C1)N1C(=O)c2ccccc2C1=O. The minimum atomic E-state index is -0.790. The van der Waals surface area contributed by atoms with Crippen molar-refractivity contribution >= 4 is 41.0 Å². The maximum atomic E-state index is 13.5. The first kappa shape index (κ1) is 23.5. The summed E-state index contributed by atoms with van der Waals surface area (Å²) >= 11 is 1.60. The van der Waals surface area contributed by atoms with Gasteiger partial charge in [0.05, 0.1) is 11.1 Å². The number of rotatable bonds is 5. The van der Waals surface area contributed by atoms with Crippen molar-refractivity contribution in [1.29, 1.82) is 0 Å². The van der Waals surface area contributed by atoms with Crippen LogP contribution in [0.5, 0.6) is 0 Å². The van der Waals surface area contributed by atoms with Gasteiger partial charge in [0.1, 0.15) is 6.04 Å². The van der Waals surface area contributed by atoms with Crippen LogP contribution in [0.15, 0.2) is 47.2 Å². The van der Waals surface area contributed by atoms with E-state index < -0.39 is 6.04 Å². The van der Waals surface area contributed by atoms with Crippen LogP contribution in [0.2, 0.25) is 0 Å². The highest BCUT2D eigenvalue weighted by molar-refractivity contribution is 7.08. The maximum absolute atomic E-state index is 13.5. The highest BCUT2D eigenvalue weighted by Crippen LogP contribution is 2.41. The Labute approximate surface area is 209 Å². The number of fused-ring (bicyclic) bond motifs is 1. The van der Waals surface area contributed by atoms with Crippen LogP contribution in [0.3, 0.4) is 0 Å². The summed E-state index contributed by atoms with van der Waals surface area (Å²) in [5, 5.41) is 3.99. The van der Waals surface area contributed by atoms with E-state index in [4.69, 9.17) is 0 Å². The van der Waals surface area contributed by atoms with Crippen molar-refractivity contribution in [3.63, 3.8) is 0 Å². The summed E-state index contributed by atoms with van der Waals surface area (Å²) in [7, 11) is 0. The summed E-state index contributed by atoms with van der Waals surface area (Å²) in [5.74, 6) is -0.909. The second kappa shape index (κ2) is 9.41. The molecule has 1 unspecified atom stereocenters. The zero-order valence-corrected chi connectivity index (χ0v) is 20.6. The van der Waals surface area contributed by atoms with Crippen LogP contribution in [-0.4, -0.2) is 70.5 Å². The van der Waals surface area contributed by atoms with Gasteiger partial charge in [-0.25, -0.2) is 0 Å². The van der Waals surface area contributed by atoms with Crippen molar-refractivity contribution in [3.8, 4) is 0 Å². The molecule has 35 heavy (non-hydrogen) atoms. The van der Waals surface area contributed by atoms with Gasteiger partial charge >= 0.3 is 0 Å². The lowest BCUT2D eigenvalue weighted by atomic mass is 9.77. The molecule has 0 bridgehead atoms. The molecule has 4 amide bonds. The van der Waals surface area contributed by atoms with Crippen molar-refractivity contribution in [3.05, 3.63) is 63.9 Å². The van der Waals surface area contributed by atoms with Gasteiger partial charge < -0.3 is 9.80 Å². The monoisotopic (exact) mass is 491 g/mol. The average Bonchev–Trinajstić information content (AvgIpc) is 3.60. The van der Waals surface area contributed by atoms with Crippen LogP contribution in [0, 0.1) is 5.41 Å². The van der Waals surface area contributed by atoms with Crippen LogP contribution in [0.25, 0.3) is 6.08 Å². The van der Waals surface area contributed by atoms with E-state index in [0.717, 1.165) is 29.7 Å². The largest absolute Gasteiger partial charge is 0.340 e. The topological polar surface area (TPSA) is 78.0 Å². The van der Waals surface area contributed by atoms with Crippen LogP contribution in [-0.2, 0) is 9.59 Å². The summed E-state index contributed by atoms with van der Waals surface area (Å²) in [5.41, 5.74) is 1.76. The molecule has 4 heterocycles. The molecule has 2 fully saturated rings. The lowest BCUT2D eigenvalue weighted by Gasteiger charge is -2.39. The quantitative estimate of drug-likeness (QED) is 0.472. The zero-order chi connectivity index (χ0) is 24.6. The lowest BCUT2D eigenvalue weighted by Crippen LogP contribution is -2.51. The molecule has 0 radical (unpaired) electrons. The highest BCUT2D eigenvalue weighted by Gasteiger charge is 2.47. The predicted octanol–water partition coefficient (Wildman–Crippen LogP) is 3.68. The highest BCUT2D eigenvalue weighted by atomic mass is 32.1. The fourth-order valence-corrected chi connectivity index (χ4v) is 6.17. The van der Waals surface area contributed by atoms with E-state index in [2.05, 4.69) is 0 Å². The first-order valence-corrected chi connectivity index (χ1v) is 13.1. The summed E-state index contributed by atoms with van der Waals surface area (Å²) in [4.78, 5) is 56.9. The third-order valence-electron chi connectivity index (χ3n) is 7.66. The fraction of sp³-hybridized carbons (Fsp3) is 0.407. The van der Waals surface area contributed by atoms with Crippen LogP contribution in [0.4, 0.5) is 0 Å². The Balaban J connectivity index is 1.21. The fourth-order valence-electron chi connectivity index (χ4n) is 5.54. The number of hydrogen-bond donors (Lipinski definition) is 0. The van der Waals surface area contributed by atoms with Gasteiger partial charge in [0, 0.05) is 32.3 Å². The molecular formula is C27H29N3O4S. The van der Waals surface area contributed by atoms with Gasteiger partial charge in [-0.15, -0.1) is 0 Å². The first-order chi connectivity index (χ1) is 16.9. The standard InChI is InChI=1S/C27H29N3O4S/c1-2-22(30-24(32)20-5-3-4-6-21(20)25(30)33)26(34)29-15-12-27(18-29)10-13-28(14-11-27)23(31)8-7-19-9-16-35-17-19/h3-9,16-17,22H,2,10-15,18H2,1H3/b8-7+. The Morgan fingerprint density at radius 1 is 1.00 bits per heavy atom. The molecule has 1 atom stereocenters. The van der Waals surface area contributed by atoms with Crippen molar-refractivity contribution < 1.29 is 19.2 Å². The molecule has 5 rings (SSSR count). The number of piperidine rings is 1. The molecule has 7 nitrogen and oxygen atoms in total. The van der Waals surface area contributed by atoms with E-state index in [9.17, 15) is 19.2 Å². The molecule has 1 aromatic carbocycles. The predicted molar refractivity (Wildman–Crippen MR) is 134 cm³/mol. The van der Waals surface area contributed by atoms with E-state index in [1.807, 2.05) is 39.6 Å². The normalized spacial score (nSPS) is 20.2. The number of likely N-dealkylation sites (tertiary alicyclic amines) is 2. The molecular weight excluding hydrogens is 462 g/mol. The molecule has 1 spiro atoms. The van der Waals surface area contributed by atoms with Crippen LogP contribution < -0.4 is 0 Å². The second-order valence-corrected chi connectivity index (χ2v) is 10.5. The number of amides is 4. The number of imide groups is 1. The van der Waals surface area contributed by atoms with E-state index in [1.165, 1.54) is 0 Å². The number of carbonyl (C=O) groups excluding carboxylic acids is 4. The van der Waals surface area contributed by atoms with E-state index in [0.29, 0.717) is 43.7 Å². The van der Waals surface area contributed by atoms with E-state index >= 15 is 0 Å². The van der Waals surface area contributed by atoms with Crippen LogP contribution >= 0.6 is 11.3 Å². The Bertz CT molecular complexity index is 1150. The van der Waals surface area contributed by atoms with Gasteiger partial charge in [-0.2, -0.15) is 11.3 Å². The van der Waals surface area contributed by atoms with Gasteiger partial charge in [0.25, 0.3) is 11.8 Å². The van der Waals surface area contributed by atoms with Gasteiger partial charge in [-0.3, -0.25) is 24.1 Å². The van der Waals surface area contributed by atoms with Gasteiger partial charge in [0.2, 0.25) is 11.8 Å². The van der Waals surface area contributed by atoms with Crippen molar-refractivity contribution in [2.24, 2.45) is 5.41 Å². The number of thiophene rings is 1. The molecule has 0 saturated carbocycles. The first-order valence-electron chi connectivity index (χ1n) is 12.2. The number of hydrogen-bond acceptors (Lipinski definition) is 5. The molecule has 0 aliphatic carbocycles. The number of benzene rings is 1. The number of carbonyl (C=O) groups is 4. The van der Waals surface area contributed by atoms with Gasteiger partial charge in [0.15, 0.2) is 0 Å². The van der Waals surface area contributed by atoms with Crippen molar-refractivity contribution in [2.75, 3.05) is 26.2 Å². The summed E-state index contributed by atoms with van der Waals surface area (Å²) in [6, 6.07) is 7.94. The minimum absolute atomic E-state index is 0.0101. The maximum Gasteiger partial charge on any atom is 0.262 e. The molecule has 2 aromatic rings. The summed E-state index contributed by atoms with van der Waals surface area (Å²) in [6.45, 7) is 4.41. The van der Waals surface area contributed by atoms with Gasteiger partial charge in [-0.1, -0.05) is 19.1 Å². The average molecular weight is 492 g/mol. The third kappa shape index (κ3) is 4.31. The van der Waals surface area contributed by atoms with Crippen LogP contribution in [0.1, 0.15) is 58.9 Å². The lowest BCUT2D eigenvalue weighted by molar-refractivity contribution is -0.135. The van der Waals surface area contributed by atoms with Crippen molar-refractivity contribution in [2.45, 2.75) is 38.6 Å². The van der Waals surface area contributed by atoms with Gasteiger partial charge in [-0.05, 0) is 71.7 Å². The third-order valence-corrected chi connectivity index (χ3v) is 8.36. The smallest absolute Gasteiger partial charge is 0.262 e. The molecule has 182 valence electrons. The summed E-state index contributed by atoms with van der Waals surface area (Å²) < 4.78 is 0. The number of nitrogens with zero attached hydrogens (tertiary/aromatic N) is 3. The minimum Gasteiger partial charge on any atom is -0.340 e. The molecule has 3 aliphatic rings. The van der Waals surface area contributed by atoms with E-state index in [-0.39, 0.29) is 29.0 Å². The molecule has 8 heteroatoms. The summed E-state index contributed by atoms with van der Waals surface area (Å²) in [6.07, 6.45) is 6.44.